The van der Waals surface area contributed by atoms with Gasteiger partial charge in [0.1, 0.15) is 11.4 Å². The van der Waals surface area contributed by atoms with Gasteiger partial charge in [0.05, 0.1) is 6.54 Å². The summed E-state index contributed by atoms with van der Waals surface area (Å²) >= 11 is 0. The van der Waals surface area contributed by atoms with Crippen LogP contribution < -0.4 is 15.4 Å². The summed E-state index contributed by atoms with van der Waals surface area (Å²) in [6.45, 7) is 0.951. The van der Waals surface area contributed by atoms with E-state index in [1.165, 1.54) is 29.2 Å². The van der Waals surface area contributed by atoms with Crippen LogP contribution in [0.3, 0.4) is 0 Å². The standard InChI is InChI=1S/C13H14F3N3O2/c14-13(15,16)21-10-4-2-9(3-5-10)18-8-12(17)6-1-7-19(12)11(18)20/h2-5H,1,6-8,17H2. The zero-order valence-corrected chi connectivity index (χ0v) is 11.1. The second kappa shape index (κ2) is 4.52. The van der Waals surface area contributed by atoms with Crippen LogP contribution in [0.5, 0.6) is 5.75 Å². The molecule has 0 saturated carbocycles. The van der Waals surface area contributed by atoms with Crippen molar-refractivity contribution in [1.82, 2.24) is 4.90 Å². The molecule has 8 heteroatoms. The lowest BCUT2D eigenvalue weighted by Gasteiger charge is -2.24. The van der Waals surface area contributed by atoms with Crippen molar-refractivity contribution in [1.29, 1.82) is 0 Å². The first-order chi connectivity index (χ1) is 9.78. The summed E-state index contributed by atoms with van der Waals surface area (Å²) in [6.07, 6.45) is -3.13. The first kappa shape index (κ1) is 14.0. The molecule has 2 aliphatic heterocycles. The Balaban J connectivity index is 1.78. The smallest absolute Gasteiger partial charge is 0.406 e. The summed E-state index contributed by atoms with van der Waals surface area (Å²) in [5.41, 5.74) is 6.03. The molecule has 2 N–H and O–H groups in total. The molecule has 1 aromatic carbocycles. The van der Waals surface area contributed by atoms with Gasteiger partial charge in [0.15, 0.2) is 0 Å². The third-order valence-corrected chi connectivity index (χ3v) is 3.80. The monoisotopic (exact) mass is 301 g/mol. The summed E-state index contributed by atoms with van der Waals surface area (Å²) in [4.78, 5) is 15.4. The van der Waals surface area contributed by atoms with E-state index in [1.807, 2.05) is 0 Å². The molecule has 0 aromatic heterocycles. The van der Waals surface area contributed by atoms with Crippen molar-refractivity contribution in [2.75, 3.05) is 18.0 Å². The molecule has 1 unspecified atom stereocenters. The van der Waals surface area contributed by atoms with Crippen molar-refractivity contribution < 1.29 is 22.7 Å². The average Bonchev–Trinajstić information content (AvgIpc) is 2.86. The van der Waals surface area contributed by atoms with Crippen LogP contribution in [-0.4, -0.2) is 36.0 Å². The summed E-state index contributed by atoms with van der Waals surface area (Å²) in [5.74, 6) is -0.319. The third kappa shape index (κ3) is 2.51. The highest BCUT2D eigenvalue weighted by Gasteiger charge is 2.50. The van der Waals surface area contributed by atoms with E-state index in [9.17, 15) is 18.0 Å². The number of alkyl halides is 3. The number of hydrogen-bond acceptors (Lipinski definition) is 3. The lowest BCUT2D eigenvalue weighted by Crippen LogP contribution is -2.50. The van der Waals surface area contributed by atoms with Crippen LogP contribution in [-0.2, 0) is 0 Å². The highest BCUT2D eigenvalue weighted by molar-refractivity contribution is 5.95. The zero-order valence-electron chi connectivity index (χ0n) is 11.1. The summed E-state index contributed by atoms with van der Waals surface area (Å²) in [7, 11) is 0. The average molecular weight is 301 g/mol. The fraction of sp³-hybridized carbons (Fsp3) is 0.462. The molecule has 114 valence electrons. The number of nitrogens with zero attached hydrogens (tertiary/aromatic N) is 2. The van der Waals surface area contributed by atoms with E-state index in [0.29, 0.717) is 18.8 Å². The molecule has 0 bridgehead atoms. The number of carbonyl (C=O) groups excluding carboxylic acids is 1. The fourth-order valence-corrected chi connectivity index (χ4v) is 2.87. The van der Waals surface area contributed by atoms with E-state index in [1.54, 1.807) is 4.90 Å². The zero-order chi connectivity index (χ0) is 15.3. The largest absolute Gasteiger partial charge is 0.573 e. The van der Waals surface area contributed by atoms with Crippen LogP contribution >= 0.6 is 0 Å². The van der Waals surface area contributed by atoms with Gasteiger partial charge in [-0.05, 0) is 37.1 Å². The number of anilines is 1. The normalized spacial score (nSPS) is 25.4. The van der Waals surface area contributed by atoms with Gasteiger partial charge in [-0.1, -0.05) is 0 Å². The number of ether oxygens (including phenoxy) is 1. The number of hydrogen-bond donors (Lipinski definition) is 1. The minimum absolute atomic E-state index is 0.209. The van der Waals surface area contributed by atoms with Gasteiger partial charge in [0, 0.05) is 12.2 Å². The van der Waals surface area contributed by atoms with Crippen molar-refractivity contribution in [2.24, 2.45) is 5.73 Å². The number of urea groups is 1. The Morgan fingerprint density at radius 1 is 1.24 bits per heavy atom. The lowest BCUT2D eigenvalue weighted by atomic mass is 10.1. The number of amides is 2. The van der Waals surface area contributed by atoms with E-state index < -0.39 is 12.0 Å². The van der Waals surface area contributed by atoms with E-state index in [2.05, 4.69) is 4.74 Å². The molecule has 2 amide bonds. The lowest BCUT2D eigenvalue weighted by molar-refractivity contribution is -0.274. The number of fused-ring (bicyclic) bond motifs is 1. The van der Waals surface area contributed by atoms with Crippen LogP contribution in [0.2, 0.25) is 0 Å². The van der Waals surface area contributed by atoms with Gasteiger partial charge in [0.25, 0.3) is 0 Å². The van der Waals surface area contributed by atoms with E-state index in [-0.39, 0.29) is 11.8 Å². The molecule has 2 fully saturated rings. The van der Waals surface area contributed by atoms with Gasteiger partial charge in [-0.2, -0.15) is 0 Å². The minimum Gasteiger partial charge on any atom is -0.406 e. The van der Waals surface area contributed by atoms with Crippen LogP contribution in [0.15, 0.2) is 24.3 Å². The Hall–Kier alpha value is -1.96. The molecule has 0 aliphatic carbocycles. The van der Waals surface area contributed by atoms with E-state index in [4.69, 9.17) is 5.73 Å². The Bertz CT molecular complexity index is 561. The molecule has 1 atom stereocenters. The van der Waals surface area contributed by atoms with Crippen molar-refractivity contribution in [3.63, 3.8) is 0 Å². The van der Waals surface area contributed by atoms with Gasteiger partial charge in [-0.25, -0.2) is 4.79 Å². The Morgan fingerprint density at radius 2 is 1.90 bits per heavy atom. The van der Waals surface area contributed by atoms with Gasteiger partial charge >= 0.3 is 12.4 Å². The van der Waals surface area contributed by atoms with Gasteiger partial charge < -0.3 is 15.4 Å². The van der Waals surface area contributed by atoms with Crippen LogP contribution in [0.4, 0.5) is 23.7 Å². The van der Waals surface area contributed by atoms with Crippen LogP contribution in [0.1, 0.15) is 12.8 Å². The third-order valence-electron chi connectivity index (χ3n) is 3.80. The number of rotatable bonds is 2. The minimum atomic E-state index is -4.73. The van der Waals surface area contributed by atoms with Gasteiger partial charge in [0.2, 0.25) is 0 Å². The van der Waals surface area contributed by atoms with Crippen LogP contribution in [0, 0.1) is 0 Å². The fourth-order valence-electron chi connectivity index (χ4n) is 2.87. The molecule has 2 aliphatic rings. The molecule has 2 heterocycles. The molecule has 0 spiro atoms. The number of halogens is 3. The van der Waals surface area contributed by atoms with Crippen LogP contribution in [0.25, 0.3) is 0 Å². The molecule has 1 aromatic rings. The van der Waals surface area contributed by atoms with Crippen molar-refractivity contribution >= 4 is 11.7 Å². The quantitative estimate of drug-likeness (QED) is 0.911. The highest BCUT2D eigenvalue weighted by Crippen LogP contribution is 2.35. The summed E-state index contributed by atoms with van der Waals surface area (Å²) in [6, 6.07) is 5.00. The molecule has 0 radical (unpaired) electrons. The van der Waals surface area contributed by atoms with E-state index in [0.717, 1.165) is 12.8 Å². The van der Waals surface area contributed by atoms with Crippen molar-refractivity contribution in [3.05, 3.63) is 24.3 Å². The van der Waals surface area contributed by atoms with Crippen molar-refractivity contribution in [3.8, 4) is 5.75 Å². The first-order valence-corrected chi connectivity index (χ1v) is 6.52. The number of nitrogens with two attached hydrogens (primary N) is 1. The topological polar surface area (TPSA) is 58.8 Å². The number of carbonyl (C=O) groups is 1. The molecule has 21 heavy (non-hydrogen) atoms. The molecular weight excluding hydrogens is 287 g/mol. The second-order valence-corrected chi connectivity index (χ2v) is 5.27. The predicted octanol–water partition coefficient (Wildman–Crippen LogP) is 2.28. The van der Waals surface area contributed by atoms with Gasteiger partial charge in [-0.3, -0.25) is 4.90 Å². The molecule has 2 saturated heterocycles. The van der Waals surface area contributed by atoms with E-state index >= 15 is 0 Å². The summed E-state index contributed by atoms with van der Waals surface area (Å²) < 4.78 is 40.1. The Labute approximate surface area is 119 Å². The Kier molecular flexibility index (Phi) is 3.01. The predicted molar refractivity (Wildman–Crippen MR) is 68.7 cm³/mol. The number of benzene rings is 1. The van der Waals surface area contributed by atoms with Gasteiger partial charge in [-0.15, -0.1) is 13.2 Å². The molecule has 3 rings (SSSR count). The SMILES string of the molecule is NC12CCCN1C(=O)N(c1ccc(OC(F)(F)F)cc1)C2. The molecular formula is C13H14F3N3O2. The maximum absolute atomic E-state index is 12.3. The second-order valence-electron chi connectivity index (χ2n) is 5.27. The maximum Gasteiger partial charge on any atom is 0.573 e. The first-order valence-electron chi connectivity index (χ1n) is 6.52. The molecule has 5 nitrogen and oxygen atoms in total. The highest BCUT2D eigenvalue weighted by atomic mass is 19.4. The maximum atomic E-state index is 12.3. The van der Waals surface area contributed by atoms with Crippen molar-refractivity contribution in [2.45, 2.75) is 24.9 Å². The summed E-state index contributed by atoms with van der Waals surface area (Å²) in [5, 5.41) is 0. The Morgan fingerprint density at radius 3 is 2.48 bits per heavy atom.